The van der Waals surface area contributed by atoms with E-state index in [1.165, 1.54) is 18.1 Å². The molecule has 25 heavy (non-hydrogen) atoms. The summed E-state index contributed by atoms with van der Waals surface area (Å²) in [6.45, 7) is 9.67. The molecular weight excluding hydrogens is 314 g/mol. The monoisotopic (exact) mass is 339 g/mol. The van der Waals surface area contributed by atoms with E-state index in [2.05, 4.69) is 37.4 Å². The summed E-state index contributed by atoms with van der Waals surface area (Å²) < 4.78 is 5.44. The van der Waals surface area contributed by atoms with Crippen LogP contribution in [-0.2, 0) is 15.0 Å². The Kier molecular flexibility index (Phi) is 5.62. The molecule has 1 amide bonds. The van der Waals surface area contributed by atoms with Crippen LogP contribution in [0.3, 0.4) is 0 Å². The van der Waals surface area contributed by atoms with Crippen LogP contribution in [0.1, 0.15) is 43.9 Å². The lowest BCUT2D eigenvalue weighted by atomic mass is 9.79. The summed E-state index contributed by atoms with van der Waals surface area (Å²) in [5, 5.41) is 2.68. The number of ether oxygens (including phenoxy) is 1. The number of esters is 1. The summed E-state index contributed by atoms with van der Waals surface area (Å²) in [5.41, 5.74) is 3.89. The zero-order chi connectivity index (χ0) is 18.6. The van der Waals surface area contributed by atoms with Crippen LogP contribution in [0.15, 0.2) is 42.5 Å². The molecule has 2 rings (SSSR count). The largest absolute Gasteiger partial charge is 0.427 e. The lowest BCUT2D eigenvalue weighted by molar-refractivity contribution is -0.135. The number of aryl methyl sites for hydroxylation is 2. The van der Waals surface area contributed by atoms with Gasteiger partial charge in [-0.05, 0) is 49.2 Å². The van der Waals surface area contributed by atoms with Crippen LogP contribution in [0.2, 0.25) is 0 Å². The van der Waals surface area contributed by atoms with Gasteiger partial charge in [0.05, 0.1) is 6.42 Å². The number of rotatable bonds is 5. The van der Waals surface area contributed by atoms with Gasteiger partial charge in [0.15, 0.2) is 0 Å². The Morgan fingerprint density at radius 1 is 1.04 bits per heavy atom. The highest BCUT2D eigenvalue weighted by atomic mass is 16.5. The van der Waals surface area contributed by atoms with Gasteiger partial charge in [-0.15, -0.1) is 0 Å². The molecule has 0 bridgehead atoms. The van der Waals surface area contributed by atoms with Gasteiger partial charge < -0.3 is 10.1 Å². The molecule has 0 aliphatic rings. The van der Waals surface area contributed by atoms with Gasteiger partial charge in [-0.3, -0.25) is 9.59 Å². The lowest BCUT2D eigenvalue weighted by Crippen LogP contribution is -2.25. The molecule has 0 fully saturated rings. The second-order valence-corrected chi connectivity index (χ2v) is 7.06. The van der Waals surface area contributed by atoms with Crippen LogP contribution in [0, 0.1) is 13.8 Å². The summed E-state index contributed by atoms with van der Waals surface area (Å²) in [6.07, 6.45) is 0.282. The number of hydrogen-bond donors (Lipinski definition) is 1. The maximum absolute atomic E-state index is 12.4. The van der Waals surface area contributed by atoms with Crippen molar-refractivity contribution in [2.75, 3.05) is 5.32 Å². The Hall–Kier alpha value is -2.62. The molecule has 0 radical (unpaired) electrons. The van der Waals surface area contributed by atoms with E-state index in [-0.39, 0.29) is 23.7 Å². The minimum Gasteiger partial charge on any atom is -0.427 e. The van der Waals surface area contributed by atoms with Crippen molar-refractivity contribution in [3.8, 4) is 5.75 Å². The number of benzene rings is 2. The molecule has 2 aromatic rings. The molecule has 0 heterocycles. The standard InChI is InChI=1S/C21H25NO3/c1-14-6-11-19(15(2)12-14)21(4,5)13-20(24)25-18-9-7-17(8-10-18)22-16(3)23/h6-12H,13H2,1-5H3,(H,22,23). The summed E-state index contributed by atoms with van der Waals surface area (Å²) in [6, 6.07) is 13.0. The first-order chi connectivity index (χ1) is 11.7. The van der Waals surface area contributed by atoms with Gasteiger partial charge in [0.2, 0.25) is 5.91 Å². The molecule has 0 aliphatic heterocycles. The Morgan fingerprint density at radius 3 is 2.24 bits per heavy atom. The molecular formula is C21H25NO3. The third kappa shape index (κ3) is 5.18. The van der Waals surface area contributed by atoms with Crippen molar-refractivity contribution in [2.24, 2.45) is 0 Å². The molecule has 0 saturated heterocycles. The highest BCUT2D eigenvalue weighted by Gasteiger charge is 2.27. The van der Waals surface area contributed by atoms with Gasteiger partial charge in [0, 0.05) is 18.0 Å². The zero-order valence-electron chi connectivity index (χ0n) is 15.5. The number of amides is 1. The van der Waals surface area contributed by atoms with E-state index in [1.54, 1.807) is 24.3 Å². The van der Waals surface area contributed by atoms with E-state index in [9.17, 15) is 9.59 Å². The SMILES string of the molecule is CC(=O)Nc1ccc(OC(=O)CC(C)(C)c2ccc(C)cc2C)cc1. The first-order valence-corrected chi connectivity index (χ1v) is 8.33. The van der Waals surface area contributed by atoms with Crippen molar-refractivity contribution in [1.29, 1.82) is 0 Å². The van der Waals surface area contributed by atoms with Crippen molar-refractivity contribution < 1.29 is 14.3 Å². The van der Waals surface area contributed by atoms with Crippen molar-refractivity contribution in [1.82, 2.24) is 0 Å². The molecule has 0 aromatic heterocycles. The second kappa shape index (κ2) is 7.51. The van der Waals surface area contributed by atoms with Gasteiger partial charge in [-0.1, -0.05) is 37.6 Å². The van der Waals surface area contributed by atoms with Crippen LogP contribution in [0.25, 0.3) is 0 Å². The minimum absolute atomic E-state index is 0.139. The smallest absolute Gasteiger partial charge is 0.312 e. The molecule has 0 atom stereocenters. The van der Waals surface area contributed by atoms with E-state index < -0.39 is 0 Å². The number of hydrogen-bond acceptors (Lipinski definition) is 3. The van der Waals surface area contributed by atoms with E-state index in [0.717, 1.165) is 5.56 Å². The number of carbonyl (C=O) groups is 2. The van der Waals surface area contributed by atoms with E-state index in [1.807, 2.05) is 13.8 Å². The second-order valence-electron chi connectivity index (χ2n) is 7.06. The van der Waals surface area contributed by atoms with Gasteiger partial charge in [-0.25, -0.2) is 0 Å². The quantitative estimate of drug-likeness (QED) is 0.643. The summed E-state index contributed by atoms with van der Waals surface area (Å²) >= 11 is 0. The van der Waals surface area contributed by atoms with Crippen molar-refractivity contribution in [3.05, 3.63) is 59.2 Å². The Morgan fingerprint density at radius 2 is 1.68 bits per heavy atom. The number of carbonyl (C=O) groups excluding carboxylic acids is 2. The fourth-order valence-corrected chi connectivity index (χ4v) is 3.01. The highest BCUT2D eigenvalue weighted by Crippen LogP contribution is 2.31. The number of anilines is 1. The van der Waals surface area contributed by atoms with Gasteiger partial charge in [0.25, 0.3) is 0 Å². The third-order valence-corrected chi connectivity index (χ3v) is 4.10. The Labute approximate surface area is 149 Å². The van der Waals surface area contributed by atoms with E-state index >= 15 is 0 Å². The van der Waals surface area contributed by atoms with Gasteiger partial charge in [0.1, 0.15) is 5.75 Å². The van der Waals surface area contributed by atoms with Crippen molar-refractivity contribution in [2.45, 2.75) is 46.5 Å². The van der Waals surface area contributed by atoms with Gasteiger partial charge >= 0.3 is 5.97 Å². The molecule has 4 heteroatoms. The van der Waals surface area contributed by atoms with Crippen LogP contribution in [0.5, 0.6) is 5.75 Å². The van der Waals surface area contributed by atoms with Gasteiger partial charge in [-0.2, -0.15) is 0 Å². The average Bonchev–Trinajstić information content (AvgIpc) is 2.47. The molecule has 2 aromatic carbocycles. The zero-order valence-corrected chi connectivity index (χ0v) is 15.5. The molecule has 1 N–H and O–H groups in total. The lowest BCUT2D eigenvalue weighted by Gasteiger charge is -2.26. The Bertz CT molecular complexity index is 776. The molecule has 0 spiro atoms. The maximum atomic E-state index is 12.4. The van der Waals surface area contributed by atoms with Crippen molar-refractivity contribution in [3.63, 3.8) is 0 Å². The molecule has 0 saturated carbocycles. The van der Waals surface area contributed by atoms with Crippen LogP contribution >= 0.6 is 0 Å². The molecule has 0 unspecified atom stereocenters. The Balaban J connectivity index is 2.04. The van der Waals surface area contributed by atoms with Crippen LogP contribution in [-0.4, -0.2) is 11.9 Å². The highest BCUT2D eigenvalue weighted by molar-refractivity contribution is 5.88. The third-order valence-electron chi connectivity index (χ3n) is 4.10. The number of nitrogens with one attached hydrogen (secondary N) is 1. The maximum Gasteiger partial charge on any atom is 0.312 e. The predicted molar refractivity (Wildman–Crippen MR) is 99.9 cm³/mol. The van der Waals surface area contributed by atoms with E-state index in [4.69, 9.17) is 4.74 Å². The minimum atomic E-state index is -0.314. The fraction of sp³-hybridized carbons (Fsp3) is 0.333. The van der Waals surface area contributed by atoms with E-state index in [0.29, 0.717) is 11.4 Å². The molecule has 4 nitrogen and oxygen atoms in total. The topological polar surface area (TPSA) is 55.4 Å². The first kappa shape index (κ1) is 18.7. The summed E-state index contributed by atoms with van der Waals surface area (Å²) in [7, 11) is 0. The van der Waals surface area contributed by atoms with Crippen molar-refractivity contribution >= 4 is 17.6 Å². The van der Waals surface area contributed by atoms with Crippen LogP contribution < -0.4 is 10.1 Å². The normalized spacial score (nSPS) is 11.1. The summed E-state index contributed by atoms with van der Waals surface area (Å²) in [4.78, 5) is 23.4. The summed E-state index contributed by atoms with van der Waals surface area (Å²) in [5.74, 6) is 0.0488. The average molecular weight is 339 g/mol. The molecule has 132 valence electrons. The van der Waals surface area contributed by atoms with Crippen LogP contribution in [0.4, 0.5) is 5.69 Å². The predicted octanol–water partition coefficient (Wildman–Crippen LogP) is 4.54. The fourth-order valence-electron chi connectivity index (χ4n) is 3.01. The molecule has 0 aliphatic carbocycles. The first-order valence-electron chi connectivity index (χ1n) is 8.33.